The Bertz CT molecular complexity index is 258. The topological polar surface area (TPSA) is 40.6 Å². The molecular formula is C12H22N2O2. The van der Waals surface area contributed by atoms with E-state index in [4.69, 9.17) is 0 Å². The lowest BCUT2D eigenvalue weighted by Crippen LogP contribution is -2.42. The van der Waals surface area contributed by atoms with Crippen molar-refractivity contribution in [1.29, 1.82) is 0 Å². The van der Waals surface area contributed by atoms with E-state index in [2.05, 4.69) is 4.90 Å². The van der Waals surface area contributed by atoms with Crippen molar-refractivity contribution in [1.82, 2.24) is 9.80 Å². The second kappa shape index (κ2) is 5.99. The van der Waals surface area contributed by atoms with Gasteiger partial charge in [0.05, 0.1) is 6.54 Å². The van der Waals surface area contributed by atoms with Crippen LogP contribution in [0.25, 0.3) is 0 Å². The Morgan fingerprint density at radius 1 is 1.31 bits per heavy atom. The van der Waals surface area contributed by atoms with Crippen molar-refractivity contribution in [2.75, 3.05) is 33.2 Å². The van der Waals surface area contributed by atoms with Gasteiger partial charge in [0.1, 0.15) is 5.78 Å². The van der Waals surface area contributed by atoms with E-state index in [1.54, 1.807) is 11.8 Å². The lowest BCUT2D eigenvalue weighted by molar-refractivity contribution is -0.131. The van der Waals surface area contributed by atoms with Gasteiger partial charge in [-0.25, -0.2) is 0 Å². The first kappa shape index (κ1) is 13.2. The van der Waals surface area contributed by atoms with Gasteiger partial charge in [-0.15, -0.1) is 0 Å². The van der Waals surface area contributed by atoms with Crippen molar-refractivity contribution < 1.29 is 9.59 Å². The normalized spacial score (nSPS) is 18.4. The molecule has 0 unspecified atom stereocenters. The van der Waals surface area contributed by atoms with Crippen LogP contribution in [-0.4, -0.2) is 54.7 Å². The van der Waals surface area contributed by atoms with E-state index in [0.29, 0.717) is 6.54 Å². The highest BCUT2D eigenvalue weighted by molar-refractivity contribution is 5.79. The quantitative estimate of drug-likeness (QED) is 0.711. The molecule has 0 spiro atoms. The first-order chi connectivity index (χ1) is 7.54. The molecule has 1 aliphatic heterocycles. The van der Waals surface area contributed by atoms with Crippen LogP contribution in [0.4, 0.5) is 0 Å². The zero-order chi connectivity index (χ0) is 12.1. The van der Waals surface area contributed by atoms with E-state index in [1.807, 2.05) is 14.0 Å². The Morgan fingerprint density at radius 3 is 2.31 bits per heavy atom. The van der Waals surface area contributed by atoms with Crippen LogP contribution in [0.5, 0.6) is 0 Å². The summed E-state index contributed by atoms with van der Waals surface area (Å²) in [4.78, 5) is 26.7. The summed E-state index contributed by atoms with van der Waals surface area (Å²) < 4.78 is 0. The average Bonchev–Trinajstić information content (AvgIpc) is 2.28. The number of carbonyl (C=O) groups is 2. The van der Waals surface area contributed by atoms with Gasteiger partial charge in [-0.2, -0.15) is 0 Å². The van der Waals surface area contributed by atoms with Crippen molar-refractivity contribution in [3.8, 4) is 0 Å². The Kier molecular flexibility index (Phi) is 4.93. The molecule has 4 heteroatoms. The zero-order valence-electron chi connectivity index (χ0n) is 10.5. The van der Waals surface area contributed by atoms with E-state index in [9.17, 15) is 9.59 Å². The van der Waals surface area contributed by atoms with E-state index < -0.39 is 0 Å². The van der Waals surface area contributed by atoms with Crippen molar-refractivity contribution >= 4 is 11.7 Å². The minimum absolute atomic E-state index is 0.170. The molecule has 1 heterocycles. The fourth-order valence-electron chi connectivity index (χ4n) is 1.99. The molecule has 0 aromatic carbocycles. The molecule has 0 aromatic rings. The first-order valence-electron chi connectivity index (χ1n) is 6.01. The van der Waals surface area contributed by atoms with Crippen LogP contribution in [0.2, 0.25) is 0 Å². The monoisotopic (exact) mass is 226 g/mol. The van der Waals surface area contributed by atoms with Crippen molar-refractivity contribution in [3.05, 3.63) is 0 Å². The molecule has 16 heavy (non-hydrogen) atoms. The van der Waals surface area contributed by atoms with Crippen LogP contribution in [0.1, 0.15) is 26.7 Å². The SMILES string of the molecule is CCN(C)C(=O)CN1CCC(C(C)=O)CC1. The molecule has 0 aromatic heterocycles. The molecule has 4 nitrogen and oxygen atoms in total. The summed E-state index contributed by atoms with van der Waals surface area (Å²) in [5, 5.41) is 0. The van der Waals surface area contributed by atoms with Gasteiger partial charge in [0, 0.05) is 19.5 Å². The van der Waals surface area contributed by atoms with Gasteiger partial charge >= 0.3 is 0 Å². The third-order valence-electron chi connectivity index (χ3n) is 3.42. The highest BCUT2D eigenvalue weighted by Gasteiger charge is 2.23. The van der Waals surface area contributed by atoms with Crippen LogP contribution < -0.4 is 0 Å². The summed E-state index contributed by atoms with van der Waals surface area (Å²) in [5.74, 6) is 0.677. The number of Topliss-reactive ketones (excluding diaryl/α,β-unsaturated/α-hetero) is 1. The third kappa shape index (κ3) is 3.59. The molecule has 1 aliphatic rings. The highest BCUT2D eigenvalue weighted by atomic mass is 16.2. The summed E-state index contributed by atoms with van der Waals surface area (Å²) >= 11 is 0. The number of likely N-dealkylation sites (tertiary alicyclic amines) is 1. The minimum Gasteiger partial charge on any atom is -0.345 e. The highest BCUT2D eigenvalue weighted by Crippen LogP contribution is 2.17. The number of ketones is 1. The smallest absolute Gasteiger partial charge is 0.236 e. The molecule has 1 fully saturated rings. The van der Waals surface area contributed by atoms with Gasteiger partial charge in [0.25, 0.3) is 0 Å². The maximum Gasteiger partial charge on any atom is 0.236 e. The molecule has 0 saturated carbocycles. The maximum atomic E-state index is 11.7. The van der Waals surface area contributed by atoms with Crippen LogP contribution >= 0.6 is 0 Å². The van der Waals surface area contributed by atoms with Crippen molar-refractivity contribution in [3.63, 3.8) is 0 Å². The number of rotatable bonds is 4. The van der Waals surface area contributed by atoms with Gasteiger partial charge in [0.2, 0.25) is 5.91 Å². The largest absolute Gasteiger partial charge is 0.345 e. The Hall–Kier alpha value is -0.900. The number of piperidine rings is 1. The van der Waals surface area contributed by atoms with E-state index >= 15 is 0 Å². The average molecular weight is 226 g/mol. The standard InChI is InChI=1S/C12H22N2O2/c1-4-13(3)12(16)9-14-7-5-11(6-8-14)10(2)15/h11H,4-9H2,1-3H3. The minimum atomic E-state index is 0.170. The Labute approximate surface area is 97.6 Å². The summed E-state index contributed by atoms with van der Waals surface area (Å²) in [5.41, 5.74) is 0. The molecule has 0 atom stereocenters. The maximum absolute atomic E-state index is 11.7. The molecular weight excluding hydrogens is 204 g/mol. The fraction of sp³-hybridized carbons (Fsp3) is 0.833. The number of hydrogen-bond donors (Lipinski definition) is 0. The van der Waals surface area contributed by atoms with Gasteiger partial charge < -0.3 is 4.90 Å². The number of nitrogens with zero attached hydrogens (tertiary/aromatic N) is 2. The Balaban J connectivity index is 2.32. The molecule has 1 amide bonds. The first-order valence-corrected chi connectivity index (χ1v) is 6.01. The van der Waals surface area contributed by atoms with Crippen LogP contribution in [-0.2, 0) is 9.59 Å². The summed E-state index contributed by atoms with van der Waals surface area (Å²) in [6, 6.07) is 0. The van der Waals surface area contributed by atoms with Crippen LogP contribution in [0.3, 0.4) is 0 Å². The second-order valence-corrected chi connectivity index (χ2v) is 4.57. The van der Waals surface area contributed by atoms with Crippen LogP contribution in [0, 0.1) is 5.92 Å². The summed E-state index contributed by atoms with van der Waals surface area (Å²) in [6.07, 6.45) is 1.80. The number of hydrogen-bond acceptors (Lipinski definition) is 3. The predicted molar refractivity (Wildman–Crippen MR) is 63.2 cm³/mol. The van der Waals surface area contributed by atoms with Gasteiger partial charge in [-0.3, -0.25) is 14.5 Å². The Morgan fingerprint density at radius 2 is 1.88 bits per heavy atom. The van der Waals surface area contributed by atoms with Gasteiger partial charge in [-0.1, -0.05) is 0 Å². The molecule has 1 rings (SSSR count). The molecule has 0 aliphatic carbocycles. The number of amides is 1. The van der Waals surface area contributed by atoms with E-state index in [1.165, 1.54) is 0 Å². The lowest BCUT2D eigenvalue weighted by atomic mass is 9.93. The van der Waals surface area contributed by atoms with E-state index in [-0.39, 0.29) is 17.6 Å². The lowest BCUT2D eigenvalue weighted by Gasteiger charge is -2.31. The third-order valence-corrected chi connectivity index (χ3v) is 3.42. The van der Waals surface area contributed by atoms with Crippen LogP contribution in [0.15, 0.2) is 0 Å². The molecule has 0 N–H and O–H groups in total. The summed E-state index contributed by atoms with van der Waals surface area (Å²) in [6.45, 7) is 6.62. The number of carbonyl (C=O) groups excluding carboxylic acids is 2. The molecule has 1 saturated heterocycles. The number of likely N-dealkylation sites (N-methyl/N-ethyl adjacent to an activating group) is 1. The van der Waals surface area contributed by atoms with Crippen molar-refractivity contribution in [2.24, 2.45) is 5.92 Å². The zero-order valence-corrected chi connectivity index (χ0v) is 10.5. The summed E-state index contributed by atoms with van der Waals surface area (Å²) in [7, 11) is 1.82. The van der Waals surface area contributed by atoms with Gasteiger partial charge in [0.15, 0.2) is 0 Å². The predicted octanol–water partition coefficient (Wildman–Crippen LogP) is 0.766. The second-order valence-electron chi connectivity index (χ2n) is 4.57. The van der Waals surface area contributed by atoms with Gasteiger partial charge in [-0.05, 0) is 39.8 Å². The van der Waals surface area contributed by atoms with E-state index in [0.717, 1.165) is 32.5 Å². The van der Waals surface area contributed by atoms with Crippen molar-refractivity contribution in [2.45, 2.75) is 26.7 Å². The molecule has 0 bridgehead atoms. The molecule has 92 valence electrons. The molecule has 0 radical (unpaired) electrons. The fourth-order valence-corrected chi connectivity index (χ4v) is 1.99.